The number of nitrogens with one attached hydrogen (secondary N) is 2. The number of carbonyl (C=O) groups excluding carboxylic acids is 1. The van der Waals surface area contributed by atoms with E-state index in [0.29, 0.717) is 33.8 Å². The normalized spacial score (nSPS) is 16.1. The van der Waals surface area contributed by atoms with Gasteiger partial charge in [-0.25, -0.2) is 4.79 Å². The lowest BCUT2D eigenvalue weighted by Gasteiger charge is -2.31. The molecule has 7 heteroatoms. The first-order valence-electron chi connectivity index (χ1n) is 8.53. The van der Waals surface area contributed by atoms with Gasteiger partial charge in [0, 0.05) is 10.6 Å². The van der Waals surface area contributed by atoms with Crippen molar-refractivity contribution in [3.8, 4) is 5.75 Å². The molecule has 0 fully saturated rings. The van der Waals surface area contributed by atoms with E-state index in [0.717, 1.165) is 11.1 Å². The molecule has 0 saturated heterocycles. The van der Waals surface area contributed by atoms with Crippen LogP contribution in [0, 0.1) is 0 Å². The number of ether oxygens (including phenoxy) is 2. The zero-order chi connectivity index (χ0) is 20.1. The molecule has 2 aromatic rings. The van der Waals surface area contributed by atoms with Crippen molar-refractivity contribution >= 4 is 40.6 Å². The van der Waals surface area contributed by atoms with Crippen LogP contribution in [0.25, 0.3) is 5.70 Å². The molecule has 5 nitrogen and oxygen atoms in total. The third-order valence-electron chi connectivity index (χ3n) is 4.20. The zero-order valence-electron chi connectivity index (χ0n) is 15.2. The largest absolute Gasteiger partial charge is 0.489 e. The molecule has 0 aliphatic carbocycles. The van der Waals surface area contributed by atoms with Gasteiger partial charge in [0.25, 0.3) is 0 Å². The molecule has 0 saturated carbocycles. The molecule has 0 amide bonds. The van der Waals surface area contributed by atoms with Gasteiger partial charge in [-0.2, -0.15) is 0 Å². The van der Waals surface area contributed by atoms with Gasteiger partial charge in [-0.3, -0.25) is 0 Å². The van der Waals surface area contributed by atoms with E-state index in [2.05, 4.69) is 17.2 Å². The van der Waals surface area contributed by atoms with E-state index >= 15 is 0 Å². The summed E-state index contributed by atoms with van der Waals surface area (Å²) in [6, 6.07) is 14.0. The molecule has 1 aliphatic heterocycles. The zero-order valence-corrected chi connectivity index (χ0v) is 16.8. The number of esters is 1. The Hall–Kier alpha value is -2.83. The Morgan fingerprint density at radius 2 is 1.96 bits per heavy atom. The molecule has 2 N–H and O–H groups in total. The number of benzene rings is 2. The Morgan fingerprint density at radius 1 is 1.25 bits per heavy atom. The molecule has 2 aromatic carbocycles. The van der Waals surface area contributed by atoms with Crippen LogP contribution in [0.15, 0.2) is 66.8 Å². The molecule has 3 rings (SSSR count). The van der Waals surface area contributed by atoms with Crippen LogP contribution in [0.5, 0.6) is 5.75 Å². The van der Waals surface area contributed by atoms with Gasteiger partial charge in [0.15, 0.2) is 5.11 Å². The number of thiocarbonyl (C=S) groups is 1. The van der Waals surface area contributed by atoms with Crippen molar-refractivity contribution in [1.82, 2.24) is 10.6 Å². The van der Waals surface area contributed by atoms with Crippen LogP contribution in [0.1, 0.15) is 17.2 Å². The minimum atomic E-state index is -0.548. The van der Waals surface area contributed by atoms with E-state index in [9.17, 15) is 4.79 Å². The van der Waals surface area contributed by atoms with Gasteiger partial charge >= 0.3 is 5.97 Å². The quantitative estimate of drug-likeness (QED) is 0.423. The predicted octanol–water partition coefficient (Wildman–Crippen LogP) is 4.01. The van der Waals surface area contributed by atoms with Gasteiger partial charge in [-0.15, -0.1) is 0 Å². The standard InChI is InChI=1S/C21H19ClN2O3S/c1-3-12-27-16-7-5-4-6-15(16)19-17(20(25)26-2)18(23-21(28)24-19)13-8-10-14(22)11-9-13/h3-11,19H,1,12H2,2H3,(H2,23,24,28)/t19-/m1/s1. The fourth-order valence-corrected chi connectivity index (χ4v) is 3.32. The summed E-state index contributed by atoms with van der Waals surface area (Å²) in [5, 5.41) is 7.22. The maximum absolute atomic E-state index is 12.7. The van der Waals surface area contributed by atoms with Crippen molar-refractivity contribution in [2.24, 2.45) is 0 Å². The van der Waals surface area contributed by atoms with Crippen LogP contribution < -0.4 is 15.4 Å². The average Bonchev–Trinajstić information content (AvgIpc) is 2.72. The number of hydrogen-bond donors (Lipinski definition) is 2. The molecule has 1 atom stereocenters. The Kier molecular flexibility index (Phi) is 6.34. The smallest absolute Gasteiger partial charge is 0.338 e. The van der Waals surface area contributed by atoms with Gasteiger partial charge in [-0.1, -0.05) is 54.6 Å². The molecule has 0 radical (unpaired) electrons. The lowest BCUT2D eigenvalue weighted by Crippen LogP contribution is -2.45. The Labute approximate surface area is 174 Å². The molecule has 0 unspecified atom stereocenters. The van der Waals surface area contributed by atoms with E-state index < -0.39 is 12.0 Å². The summed E-state index contributed by atoms with van der Waals surface area (Å²) in [6.07, 6.45) is 1.66. The number of hydrogen-bond acceptors (Lipinski definition) is 4. The van der Waals surface area contributed by atoms with Crippen molar-refractivity contribution < 1.29 is 14.3 Å². The van der Waals surface area contributed by atoms with Crippen LogP contribution in [0.2, 0.25) is 5.02 Å². The SMILES string of the molecule is C=CCOc1ccccc1[C@H]1NC(=S)NC(c2ccc(Cl)cc2)=C1C(=O)OC. The van der Waals surface area contributed by atoms with Crippen molar-refractivity contribution in [3.05, 3.63) is 82.9 Å². The highest BCUT2D eigenvalue weighted by atomic mass is 35.5. The van der Waals surface area contributed by atoms with Gasteiger partial charge in [-0.05, 0) is 36.0 Å². The molecule has 144 valence electrons. The number of para-hydroxylation sites is 1. The second-order valence-electron chi connectivity index (χ2n) is 5.96. The molecule has 0 spiro atoms. The summed E-state index contributed by atoms with van der Waals surface area (Å²) in [6.45, 7) is 4.02. The van der Waals surface area contributed by atoms with Crippen LogP contribution in [-0.4, -0.2) is 24.8 Å². The minimum Gasteiger partial charge on any atom is -0.489 e. The number of halogens is 1. The molecule has 0 bridgehead atoms. The third-order valence-corrected chi connectivity index (χ3v) is 4.67. The van der Waals surface area contributed by atoms with Crippen LogP contribution in [0.3, 0.4) is 0 Å². The van der Waals surface area contributed by atoms with Gasteiger partial charge in [0.2, 0.25) is 0 Å². The number of carbonyl (C=O) groups is 1. The first-order valence-corrected chi connectivity index (χ1v) is 9.32. The molecule has 0 aromatic heterocycles. The van der Waals surface area contributed by atoms with Crippen molar-refractivity contribution in [1.29, 1.82) is 0 Å². The number of rotatable bonds is 6. The Bertz CT molecular complexity index is 941. The maximum atomic E-state index is 12.7. The van der Waals surface area contributed by atoms with Gasteiger partial charge in [0.05, 0.1) is 24.4 Å². The lowest BCUT2D eigenvalue weighted by molar-refractivity contribution is -0.136. The second-order valence-corrected chi connectivity index (χ2v) is 6.80. The van der Waals surface area contributed by atoms with E-state index in [-0.39, 0.29) is 0 Å². The predicted molar refractivity (Wildman–Crippen MR) is 114 cm³/mol. The third kappa shape index (κ3) is 4.18. The van der Waals surface area contributed by atoms with E-state index in [1.807, 2.05) is 36.4 Å². The molecular weight excluding hydrogens is 396 g/mol. The second kappa shape index (κ2) is 8.91. The van der Waals surface area contributed by atoms with Crippen LogP contribution in [-0.2, 0) is 9.53 Å². The highest BCUT2D eigenvalue weighted by Gasteiger charge is 2.34. The summed E-state index contributed by atoms with van der Waals surface area (Å²) < 4.78 is 10.8. The summed E-state index contributed by atoms with van der Waals surface area (Å²) in [5.41, 5.74) is 2.49. The van der Waals surface area contributed by atoms with E-state index in [1.54, 1.807) is 18.2 Å². The van der Waals surface area contributed by atoms with E-state index in [1.165, 1.54) is 7.11 Å². The summed E-state index contributed by atoms with van der Waals surface area (Å²) in [4.78, 5) is 12.7. The molecular formula is C21H19ClN2O3S. The lowest BCUT2D eigenvalue weighted by atomic mass is 9.92. The highest BCUT2D eigenvalue weighted by molar-refractivity contribution is 7.80. The fraction of sp³-hybridized carbons (Fsp3) is 0.143. The number of methoxy groups -OCH3 is 1. The van der Waals surface area contributed by atoms with Crippen LogP contribution >= 0.6 is 23.8 Å². The Balaban J connectivity index is 2.18. The fourth-order valence-electron chi connectivity index (χ4n) is 2.97. The summed E-state index contributed by atoms with van der Waals surface area (Å²) in [5.74, 6) is 0.150. The molecule has 1 heterocycles. The van der Waals surface area contributed by atoms with Crippen molar-refractivity contribution in [2.75, 3.05) is 13.7 Å². The average molecular weight is 415 g/mol. The topological polar surface area (TPSA) is 59.6 Å². The summed E-state index contributed by atoms with van der Waals surface area (Å²) >= 11 is 11.4. The van der Waals surface area contributed by atoms with E-state index in [4.69, 9.17) is 33.3 Å². The molecule has 28 heavy (non-hydrogen) atoms. The minimum absolute atomic E-state index is 0.341. The van der Waals surface area contributed by atoms with Crippen molar-refractivity contribution in [3.63, 3.8) is 0 Å². The van der Waals surface area contributed by atoms with Gasteiger partial charge < -0.3 is 20.1 Å². The molecule has 1 aliphatic rings. The summed E-state index contributed by atoms with van der Waals surface area (Å²) in [7, 11) is 1.35. The van der Waals surface area contributed by atoms with Gasteiger partial charge in [0.1, 0.15) is 12.4 Å². The van der Waals surface area contributed by atoms with Crippen LogP contribution in [0.4, 0.5) is 0 Å². The Morgan fingerprint density at radius 3 is 2.64 bits per heavy atom. The van der Waals surface area contributed by atoms with Crippen molar-refractivity contribution in [2.45, 2.75) is 6.04 Å². The first kappa shape index (κ1) is 19.9. The highest BCUT2D eigenvalue weighted by Crippen LogP contribution is 2.36. The first-order chi connectivity index (χ1) is 13.5. The maximum Gasteiger partial charge on any atom is 0.338 e. The monoisotopic (exact) mass is 414 g/mol.